The molecule has 29 heavy (non-hydrogen) atoms. The second kappa shape index (κ2) is 7.49. The molecule has 0 saturated heterocycles. The number of hydrogen-bond donors (Lipinski definition) is 4. The molecule has 4 aliphatic carbocycles. The molecule has 0 heterocycles. The number of carboxylic acid groups (broad SMARTS) is 1. The highest BCUT2D eigenvalue weighted by molar-refractivity contribution is 5.66. The minimum atomic E-state index is -0.748. The fourth-order valence-electron chi connectivity index (χ4n) is 8.77. The predicted octanol–water partition coefficient (Wildman–Crippen LogP) is 3.45. The van der Waals surface area contributed by atoms with Crippen molar-refractivity contribution in [1.29, 1.82) is 0 Å². The smallest absolute Gasteiger partial charge is 0.303 e. The van der Waals surface area contributed by atoms with Crippen LogP contribution in [-0.4, -0.2) is 44.7 Å². The maximum atomic E-state index is 11.3. The van der Waals surface area contributed by atoms with Crippen molar-refractivity contribution in [3.8, 4) is 0 Å². The van der Waals surface area contributed by atoms with Crippen molar-refractivity contribution in [2.45, 2.75) is 96.9 Å². The van der Waals surface area contributed by atoms with Gasteiger partial charge in [0.25, 0.3) is 0 Å². The van der Waals surface area contributed by atoms with Crippen LogP contribution in [0.25, 0.3) is 0 Å². The van der Waals surface area contributed by atoms with Crippen LogP contribution in [0.2, 0.25) is 0 Å². The molecule has 0 aromatic heterocycles. The Kier molecular flexibility index (Phi) is 5.57. The average Bonchev–Trinajstić information content (AvgIpc) is 3.02. The van der Waals surface area contributed by atoms with E-state index in [-0.39, 0.29) is 35.2 Å². The first-order chi connectivity index (χ1) is 13.6. The van der Waals surface area contributed by atoms with E-state index in [1.165, 1.54) is 0 Å². The SMILES string of the molecule is CC(CCC(=O)O)C1CCC2C3C(CC[C@]12C)[C@@]1(C)CC[C@@H](O)CC1C(O)[C@H]3O. The number of aliphatic hydroxyl groups is 3. The van der Waals surface area contributed by atoms with Gasteiger partial charge in [-0.25, -0.2) is 0 Å². The van der Waals surface area contributed by atoms with E-state index in [2.05, 4.69) is 20.8 Å². The van der Waals surface area contributed by atoms with Gasteiger partial charge in [-0.2, -0.15) is 0 Å². The number of aliphatic hydroxyl groups excluding tert-OH is 3. The van der Waals surface area contributed by atoms with Gasteiger partial charge in [-0.1, -0.05) is 20.8 Å². The summed E-state index contributed by atoms with van der Waals surface area (Å²) in [6.07, 6.45) is 5.87. The van der Waals surface area contributed by atoms with Crippen LogP contribution in [0.1, 0.15) is 78.6 Å². The van der Waals surface area contributed by atoms with Crippen molar-refractivity contribution in [1.82, 2.24) is 0 Å². The molecule has 0 aliphatic heterocycles. The third-order valence-electron chi connectivity index (χ3n) is 10.3. The van der Waals surface area contributed by atoms with Crippen LogP contribution < -0.4 is 0 Å². The summed E-state index contributed by atoms with van der Waals surface area (Å²) in [5.74, 6) is 1.06. The van der Waals surface area contributed by atoms with Crippen molar-refractivity contribution in [3.05, 3.63) is 0 Å². The Balaban J connectivity index is 1.59. The van der Waals surface area contributed by atoms with E-state index in [9.17, 15) is 20.1 Å². The van der Waals surface area contributed by atoms with Crippen LogP contribution in [0.3, 0.4) is 0 Å². The maximum absolute atomic E-state index is 11.3. The van der Waals surface area contributed by atoms with Crippen LogP contribution in [0.15, 0.2) is 0 Å². The Morgan fingerprint density at radius 3 is 2.28 bits per heavy atom. The second-order valence-electron chi connectivity index (χ2n) is 11.5. The monoisotopic (exact) mass is 408 g/mol. The van der Waals surface area contributed by atoms with E-state index in [4.69, 9.17) is 5.11 Å². The molecule has 4 rings (SSSR count). The van der Waals surface area contributed by atoms with Gasteiger partial charge in [-0.3, -0.25) is 4.79 Å². The van der Waals surface area contributed by atoms with Crippen molar-refractivity contribution in [2.75, 3.05) is 0 Å². The van der Waals surface area contributed by atoms with Crippen LogP contribution in [0.5, 0.6) is 0 Å². The lowest BCUT2D eigenvalue weighted by atomic mass is 9.43. The number of carboxylic acids is 1. The van der Waals surface area contributed by atoms with E-state index in [0.29, 0.717) is 30.1 Å². The Morgan fingerprint density at radius 1 is 0.931 bits per heavy atom. The number of hydrogen-bond acceptors (Lipinski definition) is 4. The summed E-state index contributed by atoms with van der Waals surface area (Å²) >= 11 is 0. The molecule has 4 saturated carbocycles. The highest BCUT2D eigenvalue weighted by atomic mass is 16.4. The van der Waals surface area contributed by atoms with Crippen LogP contribution in [-0.2, 0) is 4.79 Å². The van der Waals surface area contributed by atoms with Gasteiger partial charge >= 0.3 is 5.97 Å². The minimum absolute atomic E-state index is 0.00309. The van der Waals surface area contributed by atoms with Crippen LogP contribution in [0.4, 0.5) is 0 Å². The highest BCUT2D eigenvalue weighted by Gasteiger charge is 2.65. The Bertz CT molecular complexity index is 637. The van der Waals surface area contributed by atoms with Gasteiger partial charge in [-0.05, 0) is 97.7 Å². The van der Waals surface area contributed by atoms with E-state index in [1.807, 2.05) is 0 Å². The summed E-state index contributed by atoms with van der Waals surface area (Å²) in [5, 5.41) is 41.7. The lowest BCUT2D eigenvalue weighted by Crippen LogP contribution is -2.64. The first-order valence-corrected chi connectivity index (χ1v) is 11.9. The molecule has 0 amide bonds. The summed E-state index contributed by atoms with van der Waals surface area (Å²) in [6.45, 7) is 6.89. The molecule has 166 valence electrons. The van der Waals surface area contributed by atoms with E-state index in [0.717, 1.165) is 44.9 Å². The first kappa shape index (κ1) is 21.6. The standard InChI is InChI=1S/C24H40O5/c1-13(4-7-19(26)27)15-5-6-16-20-17(9-11-23(15,16)2)24(3)10-8-14(25)12-18(24)21(28)22(20)29/h13-18,20-22,25,28-29H,4-12H2,1-3H3,(H,26,27)/t13?,14-,15?,16?,17?,18?,20?,21?,22+,23-,24-/m1/s1. The lowest BCUT2D eigenvalue weighted by molar-refractivity contribution is -0.223. The zero-order valence-corrected chi connectivity index (χ0v) is 18.3. The molecule has 0 aromatic rings. The molecule has 0 radical (unpaired) electrons. The Labute approximate surface area is 174 Å². The normalized spacial score (nSPS) is 52.9. The zero-order chi connectivity index (χ0) is 21.1. The van der Waals surface area contributed by atoms with Gasteiger partial charge < -0.3 is 20.4 Å². The average molecular weight is 409 g/mol. The Morgan fingerprint density at radius 2 is 1.59 bits per heavy atom. The van der Waals surface area contributed by atoms with Gasteiger partial charge in [0.2, 0.25) is 0 Å². The molecule has 0 aromatic carbocycles. The van der Waals surface area contributed by atoms with Gasteiger partial charge in [0.05, 0.1) is 18.3 Å². The van der Waals surface area contributed by atoms with Crippen molar-refractivity contribution >= 4 is 5.97 Å². The molecular weight excluding hydrogens is 368 g/mol. The Hall–Kier alpha value is -0.650. The highest BCUT2D eigenvalue weighted by Crippen LogP contribution is 2.68. The van der Waals surface area contributed by atoms with Crippen LogP contribution in [0, 0.1) is 46.3 Å². The second-order valence-corrected chi connectivity index (χ2v) is 11.5. The number of aliphatic carboxylic acids is 1. The fourth-order valence-corrected chi connectivity index (χ4v) is 8.77. The van der Waals surface area contributed by atoms with Gasteiger partial charge in [0.15, 0.2) is 0 Å². The van der Waals surface area contributed by atoms with Crippen molar-refractivity contribution in [3.63, 3.8) is 0 Å². The summed E-state index contributed by atoms with van der Waals surface area (Å²) in [6, 6.07) is 0. The molecule has 11 atom stereocenters. The quantitative estimate of drug-likeness (QED) is 0.571. The van der Waals surface area contributed by atoms with Gasteiger partial charge in [-0.15, -0.1) is 0 Å². The minimum Gasteiger partial charge on any atom is -0.481 e. The lowest BCUT2D eigenvalue weighted by Gasteiger charge is -2.63. The summed E-state index contributed by atoms with van der Waals surface area (Å²) in [4.78, 5) is 11.1. The predicted molar refractivity (Wildman–Crippen MR) is 110 cm³/mol. The molecule has 4 fully saturated rings. The molecule has 4 aliphatic rings. The third kappa shape index (κ3) is 3.27. The summed E-state index contributed by atoms with van der Waals surface area (Å²) < 4.78 is 0. The third-order valence-corrected chi connectivity index (χ3v) is 10.3. The molecule has 5 heteroatoms. The molecule has 4 N–H and O–H groups in total. The number of rotatable bonds is 4. The van der Waals surface area contributed by atoms with Crippen molar-refractivity contribution < 1.29 is 25.2 Å². The number of carbonyl (C=O) groups is 1. The number of fused-ring (bicyclic) bond motifs is 5. The maximum Gasteiger partial charge on any atom is 0.303 e. The molecular formula is C24H40O5. The van der Waals surface area contributed by atoms with Crippen molar-refractivity contribution in [2.24, 2.45) is 46.3 Å². The molecule has 0 bridgehead atoms. The van der Waals surface area contributed by atoms with Crippen LogP contribution >= 0.6 is 0 Å². The van der Waals surface area contributed by atoms with E-state index < -0.39 is 18.2 Å². The molecule has 0 spiro atoms. The first-order valence-electron chi connectivity index (χ1n) is 11.9. The van der Waals surface area contributed by atoms with E-state index >= 15 is 0 Å². The topological polar surface area (TPSA) is 98.0 Å². The zero-order valence-electron chi connectivity index (χ0n) is 18.3. The molecule has 7 unspecified atom stereocenters. The summed E-state index contributed by atoms with van der Waals surface area (Å²) in [5.41, 5.74) is 0.119. The van der Waals surface area contributed by atoms with Gasteiger partial charge in [0, 0.05) is 6.42 Å². The molecule has 5 nitrogen and oxygen atoms in total. The summed E-state index contributed by atoms with van der Waals surface area (Å²) in [7, 11) is 0. The largest absolute Gasteiger partial charge is 0.481 e. The van der Waals surface area contributed by atoms with E-state index in [1.54, 1.807) is 0 Å². The fraction of sp³-hybridized carbons (Fsp3) is 0.958. The van der Waals surface area contributed by atoms with Gasteiger partial charge in [0.1, 0.15) is 0 Å².